The number of nitrogens with two attached hydrogens (primary N) is 4. The Labute approximate surface area is 127 Å². The van der Waals surface area contributed by atoms with Crippen molar-refractivity contribution in [3.8, 4) is 11.5 Å². The maximum Gasteiger partial charge on any atom is 0.211 e. The van der Waals surface area contributed by atoms with Crippen LogP contribution in [-0.4, -0.2) is 38.6 Å². The molecule has 8 N–H and O–H groups in total. The Morgan fingerprint density at radius 2 is 1.18 bits per heavy atom. The maximum absolute atomic E-state index is 5.32. The lowest BCUT2D eigenvalue weighted by Gasteiger charge is -2.12. The van der Waals surface area contributed by atoms with E-state index in [-0.39, 0.29) is 11.9 Å². The van der Waals surface area contributed by atoms with Gasteiger partial charge in [0.1, 0.15) is 0 Å². The molecule has 0 radical (unpaired) electrons. The van der Waals surface area contributed by atoms with Crippen LogP contribution in [0.1, 0.15) is 11.1 Å². The van der Waals surface area contributed by atoms with Crippen molar-refractivity contribution in [1.82, 2.24) is 0 Å². The SMILES string of the molecule is COc1c(/C=N/N=C(N)N)ccc(/C=N/N=C(N)N)c1OC. The molecular weight excluding hydrogens is 288 g/mol. The number of hydrogen-bond acceptors (Lipinski definition) is 6. The van der Waals surface area contributed by atoms with Gasteiger partial charge in [-0.25, -0.2) is 0 Å². The van der Waals surface area contributed by atoms with Crippen LogP contribution >= 0.6 is 0 Å². The molecule has 0 amide bonds. The number of benzene rings is 1. The van der Waals surface area contributed by atoms with Gasteiger partial charge in [-0.05, 0) is 12.1 Å². The first-order chi connectivity index (χ1) is 10.5. The lowest BCUT2D eigenvalue weighted by Crippen LogP contribution is -2.21. The maximum atomic E-state index is 5.32. The first kappa shape index (κ1) is 16.8. The van der Waals surface area contributed by atoms with Crippen molar-refractivity contribution in [3.63, 3.8) is 0 Å². The Kier molecular flexibility index (Phi) is 6.16. The van der Waals surface area contributed by atoms with E-state index in [4.69, 9.17) is 32.4 Å². The molecular formula is C12H18N8O2. The summed E-state index contributed by atoms with van der Waals surface area (Å²) < 4.78 is 10.6. The molecule has 0 heterocycles. The van der Waals surface area contributed by atoms with E-state index < -0.39 is 0 Å². The molecule has 0 aliphatic rings. The molecule has 0 bridgehead atoms. The fraction of sp³-hybridized carbons (Fsp3) is 0.167. The number of hydrogen-bond donors (Lipinski definition) is 4. The molecule has 0 saturated heterocycles. The molecule has 0 aliphatic heterocycles. The van der Waals surface area contributed by atoms with E-state index in [1.807, 2.05) is 0 Å². The Balaban J connectivity index is 3.25. The van der Waals surface area contributed by atoms with Crippen molar-refractivity contribution in [2.75, 3.05) is 14.2 Å². The van der Waals surface area contributed by atoms with Crippen LogP contribution in [-0.2, 0) is 0 Å². The van der Waals surface area contributed by atoms with Crippen LogP contribution in [0.25, 0.3) is 0 Å². The van der Waals surface area contributed by atoms with E-state index in [0.29, 0.717) is 22.6 Å². The molecule has 0 aliphatic carbocycles. The minimum absolute atomic E-state index is 0.150. The molecule has 0 spiro atoms. The molecule has 22 heavy (non-hydrogen) atoms. The van der Waals surface area contributed by atoms with Crippen molar-refractivity contribution in [2.45, 2.75) is 0 Å². The van der Waals surface area contributed by atoms with Gasteiger partial charge >= 0.3 is 0 Å². The highest BCUT2D eigenvalue weighted by atomic mass is 16.5. The lowest BCUT2D eigenvalue weighted by molar-refractivity contribution is 0.354. The third-order valence-electron chi connectivity index (χ3n) is 2.32. The summed E-state index contributed by atoms with van der Waals surface area (Å²) in [6.45, 7) is 0. The Bertz CT molecular complexity index is 573. The van der Waals surface area contributed by atoms with Gasteiger partial charge in [-0.3, -0.25) is 0 Å². The zero-order valence-electron chi connectivity index (χ0n) is 12.2. The summed E-state index contributed by atoms with van der Waals surface area (Å²) in [5.74, 6) is 0.572. The summed E-state index contributed by atoms with van der Waals surface area (Å²) in [4.78, 5) is 0. The Hall–Kier alpha value is -3.30. The number of ether oxygens (including phenoxy) is 2. The van der Waals surface area contributed by atoms with E-state index >= 15 is 0 Å². The average Bonchev–Trinajstić information content (AvgIpc) is 2.46. The Morgan fingerprint density at radius 1 is 0.818 bits per heavy atom. The first-order valence-corrected chi connectivity index (χ1v) is 5.98. The summed E-state index contributed by atoms with van der Waals surface area (Å²) in [5.41, 5.74) is 22.0. The number of guanidine groups is 2. The molecule has 10 nitrogen and oxygen atoms in total. The van der Waals surface area contributed by atoms with Crippen LogP contribution in [0.5, 0.6) is 11.5 Å². The van der Waals surface area contributed by atoms with Crippen LogP contribution < -0.4 is 32.4 Å². The average molecular weight is 306 g/mol. The second kappa shape index (κ2) is 8.09. The summed E-state index contributed by atoms with van der Waals surface area (Å²) in [5, 5.41) is 14.5. The predicted molar refractivity (Wildman–Crippen MR) is 86.4 cm³/mol. The molecule has 118 valence electrons. The molecule has 1 aromatic carbocycles. The smallest absolute Gasteiger partial charge is 0.211 e. The third kappa shape index (κ3) is 4.67. The molecule has 0 aromatic heterocycles. The van der Waals surface area contributed by atoms with Crippen molar-refractivity contribution in [3.05, 3.63) is 23.3 Å². The molecule has 1 rings (SSSR count). The van der Waals surface area contributed by atoms with Crippen LogP contribution in [0.3, 0.4) is 0 Å². The van der Waals surface area contributed by atoms with Crippen molar-refractivity contribution >= 4 is 24.3 Å². The zero-order valence-corrected chi connectivity index (χ0v) is 12.2. The summed E-state index contributed by atoms with van der Waals surface area (Å²) in [7, 11) is 2.99. The van der Waals surface area contributed by atoms with E-state index in [1.54, 1.807) is 12.1 Å². The summed E-state index contributed by atoms with van der Waals surface area (Å²) in [6, 6.07) is 3.45. The van der Waals surface area contributed by atoms with Gasteiger partial charge in [0.25, 0.3) is 0 Å². The minimum Gasteiger partial charge on any atom is -0.492 e. The highest BCUT2D eigenvalue weighted by Gasteiger charge is 2.13. The van der Waals surface area contributed by atoms with Gasteiger partial charge < -0.3 is 32.4 Å². The van der Waals surface area contributed by atoms with Gasteiger partial charge in [0.15, 0.2) is 11.5 Å². The van der Waals surface area contributed by atoms with E-state index in [1.165, 1.54) is 26.6 Å². The predicted octanol–water partition coefficient (Wildman–Crippen LogP) is -1.08. The van der Waals surface area contributed by atoms with Crippen LogP contribution in [0.2, 0.25) is 0 Å². The largest absolute Gasteiger partial charge is 0.492 e. The van der Waals surface area contributed by atoms with Gasteiger partial charge in [0.2, 0.25) is 11.9 Å². The molecule has 1 aromatic rings. The zero-order chi connectivity index (χ0) is 16.5. The van der Waals surface area contributed by atoms with Crippen molar-refractivity contribution < 1.29 is 9.47 Å². The normalized spacial score (nSPS) is 10.6. The van der Waals surface area contributed by atoms with Gasteiger partial charge in [-0.15, -0.1) is 10.2 Å². The highest BCUT2D eigenvalue weighted by molar-refractivity contribution is 5.92. The summed E-state index contributed by atoms with van der Waals surface area (Å²) >= 11 is 0. The monoisotopic (exact) mass is 306 g/mol. The molecule has 0 saturated carbocycles. The number of rotatable bonds is 6. The lowest BCUT2D eigenvalue weighted by atomic mass is 10.1. The molecule has 10 heteroatoms. The second-order valence-corrected chi connectivity index (χ2v) is 3.85. The van der Waals surface area contributed by atoms with Gasteiger partial charge in [0, 0.05) is 11.1 Å². The van der Waals surface area contributed by atoms with Crippen LogP contribution in [0.4, 0.5) is 0 Å². The number of nitrogens with zero attached hydrogens (tertiary/aromatic N) is 4. The molecule has 0 atom stereocenters. The Morgan fingerprint density at radius 3 is 1.45 bits per heavy atom. The standard InChI is InChI=1S/C12H18N8O2/c1-21-9-7(5-17-19-11(13)14)3-4-8(10(9)22-2)6-18-20-12(15)16/h3-6H,1-2H3,(H4,13,14,19)(H4,15,16,20)/b17-5+,18-6+. The highest BCUT2D eigenvalue weighted by Crippen LogP contribution is 2.33. The van der Waals surface area contributed by atoms with E-state index in [9.17, 15) is 0 Å². The quantitative estimate of drug-likeness (QED) is 0.295. The summed E-state index contributed by atoms with van der Waals surface area (Å²) in [6.07, 6.45) is 2.86. The molecule has 0 unspecified atom stereocenters. The molecule has 0 fully saturated rings. The van der Waals surface area contributed by atoms with Crippen LogP contribution in [0, 0.1) is 0 Å². The van der Waals surface area contributed by atoms with E-state index in [0.717, 1.165) is 0 Å². The van der Waals surface area contributed by atoms with Gasteiger partial charge in [0.05, 0.1) is 26.6 Å². The third-order valence-corrected chi connectivity index (χ3v) is 2.32. The van der Waals surface area contributed by atoms with Crippen molar-refractivity contribution in [2.24, 2.45) is 43.3 Å². The minimum atomic E-state index is -0.150. The second-order valence-electron chi connectivity index (χ2n) is 3.85. The van der Waals surface area contributed by atoms with Crippen LogP contribution in [0.15, 0.2) is 32.5 Å². The van der Waals surface area contributed by atoms with E-state index in [2.05, 4.69) is 20.4 Å². The first-order valence-electron chi connectivity index (χ1n) is 5.98. The number of methoxy groups -OCH3 is 2. The van der Waals surface area contributed by atoms with Gasteiger partial charge in [-0.2, -0.15) is 10.2 Å². The fourth-order valence-corrected chi connectivity index (χ4v) is 1.53. The fourth-order valence-electron chi connectivity index (χ4n) is 1.53. The van der Waals surface area contributed by atoms with Gasteiger partial charge in [-0.1, -0.05) is 0 Å². The van der Waals surface area contributed by atoms with Crippen molar-refractivity contribution in [1.29, 1.82) is 0 Å². The topological polar surface area (TPSA) is 172 Å².